The van der Waals surface area contributed by atoms with Crippen LogP contribution >= 0.6 is 22.9 Å². The fourth-order valence-electron chi connectivity index (χ4n) is 2.69. The number of ketones is 1. The molecule has 2 aromatic heterocycles. The van der Waals surface area contributed by atoms with E-state index in [0.717, 1.165) is 11.3 Å². The number of anilines is 1. The van der Waals surface area contributed by atoms with Crippen molar-refractivity contribution in [2.75, 3.05) is 11.9 Å². The average Bonchev–Trinajstić information content (AvgIpc) is 3.28. The van der Waals surface area contributed by atoms with E-state index in [-0.39, 0.29) is 28.6 Å². The Balaban J connectivity index is 1.89. The van der Waals surface area contributed by atoms with Gasteiger partial charge in [0.1, 0.15) is 5.00 Å². The molecule has 7 nitrogen and oxygen atoms in total. The standard InChI is InChI=1S/C20H17ClN2O5S/c1-4-27-20(26)16-10(2)17(11(3)24)29-19(16)22-18(25)14-9-15(28-23-14)12-5-7-13(21)8-6-12/h5-9H,4H2,1-3H3,(H,22,25). The molecular weight excluding hydrogens is 416 g/mol. The normalized spacial score (nSPS) is 10.6. The molecule has 3 rings (SSSR count). The number of esters is 1. The molecule has 0 fully saturated rings. The number of benzene rings is 1. The van der Waals surface area contributed by atoms with Gasteiger partial charge in [0.15, 0.2) is 17.2 Å². The minimum atomic E-state index is -0.606. The summed E-state index contributed by atoms with van der Waals surface area (Å²) in [6.07, 6.45) is 0. The van der Waals surface area contributed by atoms with E-state index < -0.39 is 11.9 Å². The topological polar surface area (TPSA) is 98.5 Å². The minimum Gasteiger partial charge on any atom is -0.462 e. The molecule has 29 heavy (non-hydrogen) atoms. The summed E-state index contributed by atoms with van der Waals surface area (Å²) in [5.74, 6) is -0.990. The van der Waals surface area contributed by atoms with Crippen molar-refractivity contribution in [3.8, 4) is 11.3 Å². The van der Waals surface area contributed by atoms with Crippen molar-refractivity contribution in [2.45, 2.75) is 20.8 Å². The van der Waals surface area contributed by atoms with E-state index in [2.05, 4.69) is 10.5 Å². The van der Waals surface area contributed by atoms with Crippen molar-refractivity contribution in [1.82, 2.24) is 5.16 Å². The first kappa shape index (κ1) is 20.8. The van der Waals surface area contributed by atoms with E-state index in [1.165, 1.54) is 13.0 Å². The van der Waals surface area contributed by atoms with Crippen molar-refractivity contribution in [3.05, 3.63) is 57.1 Å². The number of Topliss-reactive ketones (excluding diaryl/α,β-unsaturated/α-hetero) is 1. The van der Waals surface area contributed by atoms with E-state index in [1.54, 1.807) is 38.1 Å². The molecule has 150 valence electrons. The lowest BCUT2D eigenvalue weighted by molar-refractivity contribution is 0.0527. The molecule has 2 heterocycles. The van der Waals surface area contributed by atoms with Crippen molar-refractivity contribution in [1.29, 1.82) is 0 Å². The zero-order valence-electron chi connectivity index (χ0n) is 15.9. The van der Waals surface area contributed by atoms with E-state index in [1.807, 2.05) is 0 Å². The molecule has 0 aliphatic rings. The quantitative estimate of drug-likeness (QED) is 0.435. The number of nitrogens with zero attached hydrogens (tertiary/aromatic N) is 1. The smallest absolute Gasteiger partial charge is 0.341 e. The third kappa shape index (κ3) is 4.38. The fraction of sp³-hybridized carbons (Fsp3) is 0.200. The molecule has 1 N–H and O–H groups in total. The lowest BCUT2D eigenvalue weighted by Crippen LogP contribution is -2.15. The fourth-order valence-corrected chi connectivity index (χ4v) is 3.90. The van der Waals surface area contributed by atoms with E-state index in [0.29, 0.717) is 26.8 Å². The van der Waals surface area contributed by atoms with Crippen molar-refractivity contribution in [2.24, 2.45) is 0 Å². The number of ether oxygens (including phenoxy) is 1. The number of hydrogen-bond acceptors (Lipinski definition) is 7. The summed E-state index contributed by atoms with van der Waals surface area (Å²) in [6.45, 7) is 4.89. The number of thiophene rings is 1. The van der Waals surface area contributed by atoms with Gasteiger partial charge in [0.25, 0.3) is 5.91 Å². The van der Waals surface area contributed by atoms with Crippen LogP contribution in [-0.2, 0) is 4.74 Å². The molecule has 9 heteroatoms. The zero-order chi connectivity index (χ0) is 21.1. The first-order valence-electron chi connectivity index (χ1n) is 8.67. The van der Waals surface area contributed by atoms with E-state index >= 15 is 0 Å². The molecule has 0 saturated carbocycles. The molecule has 0 atom stereocenters. The Morgan fingerprint density at radius 2 is 1.93 bits per heavy atom. The summed E-state index contributed by atoms with van der Waals surface area (Å²) in [5, 5.41) is 7.23. The van der Waals surface area contributed by atoms with Crippen LogP contribution in [0.2, 0.25) is 5.02 Å². The van der Waals surface area contributed by atoms with E-state index in [4.69, 9.17) is 20.9 Å². The maximum atomic E-state index is 12.7. The Labute approximate surface area is 175 Å². The Morgan fingerprint density at radius 3 is 2.55 bits per heavy atom. The second-order valence-electron chi connectivity index (χ2n) is 6.07. The summed E-state index contributed by atoms with van der Waals surface area (Å²) in [4.78, 5) is 37.2. The maximum Gasteiger partial charge on any atom is 0.341 e. The number of halogens is 1. The first-order chi connectivity index (χ1) is 13.8. The number of nitrogens with one attached hydrogen (secondary N) is 1. The largest absolute Gasteiger partial charge is 0.462 e. The Morgan fingerprint density at radius 1 is 1.24 bits per heavy atom. The monoisotopic (exact) mass is 432 g/mol. The van der Waals surface area contributed by atoms with Gasteiger partial charge < -0.3 is 14.6 Å². The van der Waals surface area contributed by atoms with Crippen molar-refractivity contribution < 1.29 is 23.6 Å². The second kappa shape index (κ2) is 8.59. The molecule has 0 unspecified atom stereocenters. The van der Waals surface area contributed by atoms with Gasteiger partial charge in [-0.25, -0.2) is 4.79 Å². The van der Waals surface area contributed by atoms with Crippen LogP contribution in [-0.4, -0.2) is 29.4 Å². The van der Waals surface area contributed by atoms with Crippen LogP contribution in [0.3, 0.4) is 0 Å². The lowest BCUT2D eigenvalue weighted by atomic mass is 10.1. The van der Waals surface area contributed by atoms with Crippen molar-refractivity contribution in [3.63, 3.8) is 0 Å². The van der Waals surface area contributed by atoms with Gasteiger partial charge in [-0.15, -0.1) is 11.3 Å². The van der Waals surface area contributed by atoms with Crippen LogP contribution in [0.4, 0.5) is 5.00 Å². The van der Waals surface area contributed by atoms with Crippen molar-refractivity contribution >= 4 is 45.6 Å². The molecule has 0 spiro atoms. The average molecular weight is 433 g/mol. The SMILES string of the molecule is CCOC(=O)c1c(NC(=O)c2cc(-c3ccc(Cl)cc3)on2)sc(C(C)=O)c1C. The minimum absolute atomic E-state index is 0.0280. The molecule has 1 aromatic carbocycles. The summed E-state index contributed by atoms with van der Waals surface area (Å²) < 4.78 is 10.3. The number of rotatable bonds is 6. The van der Waals surface area contributed by atoms with Gasteiger partial charge in [-0.05, 0) is 50.6 Å². The highest BCUT2D eigenvalue weighted by Crippen LogP contribution is 2.34. The van der Waals surface area contributed by atoms with Crippen LogP contribution in [0.15, 0.2) is 34.9 Å². The summed E-state index contributed by atoms with van der Waals surface area (Å²) in [6, 6.07) is 8.36. The highest BCUT2D eigenvalue weighted by molar-refractivity contribution is 7.18. The molecular formula is C20H17ClN2O5S. The first-order valence-corrected chi connectivity index (χ1v) is 9.86. The lowest BCUT2D eigenvalue weighted by Gasteiger charge is -2.05. The molecule has 0 bridgehead atoms. The highest BCUT2D eigenvalue weighted by Gasteiger charge is 2.26. The van der Waals surface area contributed by atoms with E-state index in [9.17, 15) is 14.4 Å². The van der Waals surface area contributed by atoms with Crippen LogP contribution in [0.25, 0.3) is 11.3 Å². The molecule has 3 aromatic rings. The molecule has 0 aliphatic carbocycles. The van der Waals surface area contributed by atoms with Crippen LogP contribution < -0.4 is 5.32 Å². The van der Waals surface area contributed by atoms with Gasteiger partial charge in [-0.1, -0.05) is 16.8 Å². The van der Waals surface area contributed by atoms with Gasteiger partial charge in [0.05, 0.1) is 17.0 Å². The zero-order valence-corrected chi connectivity index (χ0v) is 17.4. The predicted octanol–water partition coefficient (Wildman–Crippen LogP) is 5.00. The molecule has 1 amide bonds. The molecule has 0 aliphatic heterocycles. The number of aromatic nitrogens is 1. The molecule has 0 saturated heterocycles. The van der Waals surface area contributed by atoms with Crippen LogP contribution in [0.5, 0.6) is 0 Å². The summed E-state index contributed by atoms with van der Waals surface area (Å²) in [7, 11) is 0. The van der Waals surface area contributed by atoms with Gasteiger partial charge in [0.2, 0.25) is 0 Å². The Bertz CT molecular complexity index is 1080. The summed E-state index contributed by atoms with van der Waals surface area (Å²) >= 11 is 6.89. The predicted molar refractivity (Wildman–Crippen MR) is 110 cm³/mol. The third-order valence-corrected chi connectivity index (χ3v) is 5.60. The number of hydrogen-bond donors (Lipinski definition) is 1. The second-order valence-corrected chi connectivity index (χ2v) is 7.53. The van der Waals surface area contributed by atoms with Gasteiger partial charge >= 0.3 is 5.97 Å². The number of carbonyl (C=O) groups is 3. The summed E-state index contributed by atoms with van der Waals surface area (Å²) in [5.41, 5.74) is 1.37. The third-order valence-electron chi connectivity index (χ3n) is 4.04. The maximum absolute atomic E-state index is 12.7. The highest BCUT2D eigenvalue weighted by atomic mass is 35.5. The van der Waals surface area contributed by atoms with Gasteiger partial charge in [0, 0.05) is 16.7 Å². The van der Waals surface area contributed by atoms with Gasteiger partial charge in [-0.3, -0.25) is 9.59 Å². The van der Waals surface area contributed by atoms with Gasteiger partial charge in [-0.2, -0.15) is 0 Å². The molecule has 0 radical (unpaired) electrons. The number of amides is 1. The Kier molecular flexibility index (Phi) is 6.14. The number of carbonyl (C=O) groups excluding carboxylic acids is 3. The van der Waals surface area contributed by atoms with Crippen LogP contribution in [0.1, 0.15) is 49.9 Å². The Hall–Kier alpha value is -2.97. The van der Waals surface area contributed by atoms with Crippen LogP contribution in [0, 0.1) is 6.92 Å².